The summed E-state index contributed by atoms with van der Waals surface area (Å²) >= 11 is 0. The Balaban J connectivity index is 2.31. The number of carbonyl (C=O) groups is 1. The number of amides is 1. The molecule has 22 heavy (non-hydrogen) atoms. The molecule has 0 aromatic heterocycles. The van der Waals surface area contributed by atoms with E-state index in [4.69, 9.17) is 0 Å². The first-order valence-corrected chi connectivity index (χ1v) is 7.39. The Morgan fingerprint density at radius 1 is 1.14 bits per heavy atom. The summed E-state index contributed by atoms with van der Waals surface area (Å²) in [6.07, 6.45) is 4.69. The lowest BCUT2D eigenvalue weighted by molar-refractivity contribution is -0.134. The van der Waals surface area contributed by atoms with Gasteiger partial charge >= 0.3 is 0 Å². The van der Waals surface area contributed by atoms with E-state index in [1.54, 1.807) is 20.8 Å². The lowest BCUT2D eigenvalue weighted by atomic mass is 9.95. The number of hydrogen-bond acceptors (Lipinski definition) is 4. The molecule has 4 N–H and O–H groups in total. The highest BCUT2D eigenvalue weighted by Gasteiger charge is 2.32. The number of phenolic OH excluding ortho intramolecular Hbond substituents is 2. The minimum Gasteiger partial charge on any atom is -0.507 e. The van der Waals surface area contributed by atoms with Gasteiger partial charge in [0.2, 0.25) is 0 Å². The van der Waals surface area contributed by atoms with Crippen molar-refractivity contribution < 1.29 is 20.1 Å². The fourth-order valence-corrected chi connectivity index (χ4v) is 2.23. The zero-order valence-corrected chi connectivity index (χ0v) is 13.4. The van der Waals surface area contributed by atoms with E-state index in [1.807, 2.05) is 0 Å². The molecule has 1 saturated carbocycles. The summed E-state index contributed by atoms with van der Waals surface area (Å²) in [6, 6.07) is 0.160. The molecule has 1 unspecified atom stereocenters. The van der Waals surface area contributed by atoms with Crippen molar-refractivity contribution in [1.29, 1.82) is 0 Å². The summed E-state index contributed by atoms with van der Waals surface area (Å²) in [5.41, 5.74) is 0.432. The molecule has 0 heterocycles. The molecule has 1 amide bonds. The highest BCUT2D eigenvalue weighted by molar-refractivity contribution is 5.88. The molecule has 1 aliphatic rings. The molecule has 5 heteroatoms. The van der Waals surface area contributed by atoms with Gasteiger partial charge < -0.3 is 20.6 Å². The van der Waals surface area contributed by atoms with Crippen LogP contribution in [0.3, 0.4) is 0 Å². The Morgan fingerprint density at radius 2 is 1.68 bits per heavy atom. The van der Waals surface area contributed by atoms with E-state index >= 15 is 0 Å². The van der Waals surface area contributed by atoms with E-state index in [1.165, 1.54) is 19.1 Å². The molecular formula is C17H23NO4. The van der Waals surface area contributed by atoms with Gasteiger partial charge in [0.15, 0.2) is 5.60 Å². The summed E-state index contributed by atoms with van der Waals surface area (Å²) in [5.74, 6) is -0.309. The van der Waals surface area contributed by atoms with Gasteiger partial charge in [0.1, 0.15) is 11.5 Å². The van der Waals surface area contributed by atoms with Gasteiger partial charge in [0.05, 0.1) is 0 Å². The molecule has 0 radical (unpaired) electrons. The molecule has 2 rings (SSSR count). The Bertz CT molecular complexity index is 614. The van der Waals surface area contributed by atoms with Crippen LogP contribution in [-0.2, 0) is 4.79 Å². The quantitative estimate of drug-likeness (QED) is 0.641. The lowest BCUT2D eigenvalue weighted by Gasteiger charge is -2.19. The van der Waals surface area contributed by atoms with Crippen molar-refractivity contribution >= 4 is 12.0 Å². The molecule has 1 aromatic carbocycles. The predicted octanol–water partition coefficient (Wildman–Crippen LogP) is 2.07. The van der Waals surface area contributed by atoms with Crippen molar-refractivity contribution in [3.05, 3.63) is 28.3 Å². The van der Waals surface area contributed by atoms with Crippen LogP contribution in [-0.4, -0.2) is 32.9 Å². The van der Waals surface area contributed by atoms with Crippen LogP contribution in [0, 0.1) is 20.8 Å². The van der Waals surface area contributed by atoms with Crippen LogP contribution in [0.15, 0.2) is 6.08 Å². The van der Waals surface area contributed by atoms with Gasteiger partial charge in [0.25, 0.3) is 5.91 Å². The largest absolute Gasteiger partial charge is 0.507 e. The molecule has 0 aliphatic heterocycles. The first-order chi connectivity index (χ1) is 10.1. The normalized spacial score (nSPS) is 17.5. The van der Waals surface area contributed by atoms with Crippen molar-refractivity contribution in [2.75, 3.05) is 0 Å². The van der Waals surface area contributed by atoms with Crippen molar-refractivity contribution in [2.24, 2.45) is 0 Å². The zero-order valence-electron chi connectivity index (χ0n) is 13.4. The number of aliphatic hydroxyl groups is 1. The van der Waals surface area contributed by atoms with E-state index in [2.05, 4.69) is 5.32 Å². The van der Waals surface area contributed by atoms with Crippen molar-refractivity contribution in [3.63, 3.8) is 0 Å². The highest BCUT2D eigenvalue weighted by atomic mass is 16.3. The average molecular weight is 305 g/mol. The van der Waals surface area contributed by atoms with E-state index in [0.29, 0.717) is 22.3 Å². The molecule has 120 valence electrons. The molecule has 1 fully saturated rings. The Morgan fingerprint density at radius 3 is 2.23 bits per heavy atom. The minimum absolute atomic E-state index is 0.0439. The maximum atomic E-state index is 12.0. The van der Waals surface area contributed by atoms with Crippen LogP contribution in [0.1, 0.15) is 42.0 Å². The zero-order chi connectivity index (χ0) is 16.7. The number of aromatic hydroxyl groups is 2. The van der Waals surface area contributed by atoms with Gasteiger partial charge in [-0.25, -0.2) is 0 Å². The summed E-state index contributed by atoms with van der Waals surface area (Å²) < 4.78 is 0. The highest BCUT2D eigenvalue weighted by Crippen LogP contribution is 2.37. The first kappa shape index (κ1) is 16.4. The van der Waals surface area contributed by atoms with E-state index in [0.717, 1.165) is 12.8 Å². The average Bonchev–Trinajstić information content (AvgIpc) is 3.26. The summed E-state index contributed by atoms with van der Waals surface area (Å²) in [5, 5.41) is 33.3. The molecule has 0 saturated heterocycles. The third-order valence-corrected chi connectivity index (χ3v) is 4.23. The van der Waals surface area contributed by atoms with Gasteiger partial charge in [-0.2, -0.15) is 0 Å². The molecule has 1 atom stereocenters. The number of rotatable bonds is 4. The SMILES string of the molecule is Cc1c(C)c(O)c(C=CC(C)(O)C(=O)NC2CC2)c(C)c1O. The van der Waals surface area contributed by atoms with Crippen LogP contribution in [0.25, 0.3) is 6.08 Å². The van der Waals surface area contributed by atoms with E-state index in [-0.39, 0.29) is 17.5 Å². The van der Waals surface area contributed by atoms with Crippen LogP contribution >= 0.6 is 0 Å². The Hall–Kier alpha value is -2.01. The van der Waals surface area contributed by atoms with E-state index in [9.17, 15) is 20.1 Å². The summed E-state index contributed by atoms with van der Waals surface area (Å²) in [7, 11) is 0. The maximum Gasteiger partial charge on any atom is 0.255 e. The van der Waals surface area contributed by atoms with Gasteiger partial charge in [-0.1, -0.05) is 6.08 Å². The van der Waals surface area contributed by atoms with Crippen molar-refractivity contribution in [3.8, 4) is 11.5 Å². The van der Waals surface area contributed by atoms with Gasteiger partial charge in [0, 0.05) is 17.2 Å². The monoisotopic (exact) mass is 305 g/mol. The standard InChI is InChI=1S/C17H23NO4/c1-9-10(2)15(20)13(11(3)14(9)19)7-8-17(4,22)16(21)18-12-5-6-12/h7-8,12,19-20,22H,5-6H2,1-4H3,(H,18,21). The first-order valence-electron chi connectivity index (χ1n) is 7.39. The van der Waals surface area contributed by atoms with Crippen molar-refractivity contribution in [1.82, 2.24) is 5.32 Å². The minimum atomic E-state index is -1.67. The predicted molar refractivity (Wildman–Crippen MR) is 84.8 cm³/mol. The van der Waals surface area contributed by atoms with E-state index < -0.39 is 11.5 Å². The summed E-state index contributed by atoms with van der Waals surface area (Å²) in [6.45, 7) is 6.51. The molecule has 5 nitrogen and oxygen atoms in total. The Labute approximate surface area is 130 Å². The second kappa shape index (κ2) is 5.65. The van der Waals surface area contributed by atoms with Crippen LogP contribution in [0.5, 0.6) is 11.5 Å². The second-order valence-corrected chi connectivity index (χ2v) is 6.21. The van der Waals surface area contributed by atoms with Crippen LogP contribution in [0.4, 0.5) is 0 Å². The van der Waals surface area contributed by atoms with Gasteiger partial charge in [-0.3, -0.25) is 4.79 Å². The van der Waals surface area contributed by atoms with Crippen molar-refractivity contribution in [2.45, 2.75) is 52.2 Å². The Kier molecular flexibility index (Phi) is 4.20. The molecule has 0 bridgehead atoms. The third-order valence-electron chi connectivity index (χ3n) is 4.23. The van der Waals surface area contributed by atoms with Gasteiger partial charge in [-0.05, 0) is 57.7 Å². The molecular weight excluding hydrogens is 282 g/mol. The molecule has 1 aromatic rings. The smallest absolute Gasteiger partial charge is 0.255 e. The summed E-state index contributed by atoms with van der Waals surface area (Å²) in [4.78, 5) is 12.0. The fourth-order valence-electron chi connectivity index (χ4n) is 2.23. The number of nitrogens with one attached hydrogen (secondary N) is 1. The maximum absolute atomic E-state index is 12.0. The molecule has 0 spiro atoms. The number of benzene rings is 1. The second-order valence-electron chi connectivity index (χ2n) is 6.21. The lowest BCUT2D eigenvalue weighted by Crippen LogP contribution is -2.43. The van der Waals surface area contributed by atoms with Crippen LogP contribution in [0.2, 0.25) is 0 Å². The number of phenols is 2. The van der Waals surface area contributed by atoms with Gasteiger partial charge in [-0.15, -0.1) is 0 Å². The van der Waals surface area contributed by atoms with Crippen LogP contribution < -0.4 is 5.32 Å². The topological polar surface area (TPSA) is 89.8 Å². The fraction of sp³-hybridized carbons (Fsp3) is 0.471. The number of carbonyl (C=O) groups excluding carboxylic acids is 1. The molecule has 1 aliphatic carbocycles. The number of hydrogen-bond donors (Lipinski definition) is 4. The third kappa shape index (κ3) is 3.09.